The third kappa shape index (κ3) is 6.84. The predicted octanol–water partition coefficient (Wildman–Crippen LogP) is 7.01. The number of aromatic nitrogens is 4. The van der Waals surface area contributed by atoms with E-state index in [1.165, 1.54) is 29.5 Å². The van der Waals surface area contributed by atoms with Crippen LogP contribution in [0.15, 0.2) is 101 Å². The largest absolute Gasteiger partial charge is 0.333 e. The number of alkyl halides is 2. The highest BCUT2D eigenvalue weighted by atomic mass is 35.5. The monoisotopic (exact) mass is 724 g/mol. The maximum atomic E-state index is 14.1. The van der Waals surface area contributed by atoms with Gasteiger partial charge in [0.25, 0.3) is 10.2 Å². The first-order chi connectivity index (χ1) is 23.6. The Kier molecular flexibility index (Phi) is 9.00. The second-order valence-corrected chi connectivity index (χ2v) is 14.3. The Morgan fingerprint density at radius 2 is 1.86 bits per heavy atom. The molecule has 1 saturated heterocycles. The quantitative estimate of drug-likeness (QED) is 0.160. The molecule has 0 spiro atoms. The molecule has 2 aromatic carbocycles. The fourth-order valence-corrected chi connectivity index (χ4v) is 8.09. The minimum Gasteiger partial charge on any atom is -0.326 e. The second-order valence-electron chi connectivity index (χ2n) is 11.5. The van der Waals surface area contributed by atoms with Gasteiger partial charge in [-0.15, -0.1) is 11.3 Å². The smallest absolute Gasteiger partial charge is 0.326 e. The summed E-state index contributed by atoms with van der Waals surface area (Å²) in [6.07, 6.45) is 4.67. The third-order valence-electron chi connectivity index (χ3n) is 8.34. The van der Waals surface area contributed by atoms with Crippen molar-refractivity contribution >= 4 is 50.2 Å². The number of anilines is 1. The van der Waals surface area contributed by atoms with Gasteiger partial charge in [0, 0.05) is 82.1 Å². The van der Waals surface area contributed by atoms with Crippen LogP contribution < -0.4 is 9.44 Å². The molecular weight excluding hydrogens is 697 g/mol. The normalized spacial score (nSPS) is 18.5. The maximum absolute atomic E-state index is 14.1. The van der Waals surface area contributed by atoms with E-state index >= 15 is 0 Å². The molecule has 252 valence electrons. The molecule has 16 heteroatoms. The van der Waals surface area contributed by atoms with Gasteiger partial charge in [-0.3, -0.25) is 14.7 Å². The van der Waals surface area contributed by atoms with Crippen molar-refractivity contribution in [2.24, 2.45) is 4.99 Å². The van der Waals surface area contributed by atoms with Gasteiger partial charge in [-0.1, -0.05) is 42.8 Å². The van der Waals surface area contributed by atoms with Gasteiger partial charge in [-0.25, -0.2) is 14.1 Å². The van der Waals surface area contributed by atoms with Crippen LogP contribution in [-0.4, -0.2) is 51.5 Å². The maximum Gasteiger partial charge on any atom is 0.333 e. The van der Waals surface area contributed by atoms with Crippen molar-refractivity contribution < 1.29 is 21.6 Å². The van der Waals surface area contributed by atoms with Gasteiger partial charge in [0.15, 0.2) is 10.8 Å². The molecule has 2 N–H and O–H groups in total. The third-order valence-corrected chi connectivity index (χ3v) is 10.6. The molecule has 1 unspecified atom stereocenters. The lowest BCUT2D eigenvalue weighted by atomic mass is 9.92. The number of nitrogens with one attached hydrogen (secondary N) is 2. The number of hydrogen-bond acceptors (Lipinski definition) is 8. The highest BCUT2D eigenvalue weighted by Gasteiger charge is 2.42. The number of amidine groups is 1. The van der Waals surface area contributed by atoms with Crippen LogP contribution in [-0.2, 0) is 10.2 Å². The average molecular weight is 725 g/mol. The summed E-state index contributed by atoms with van der Waals surface area (Å²) in [6.45, 7) is -0.697. The van der Waals surface area contributed by atoms with E-state index in [9.17, 15) is 21.6 Å². The molecule has 0 bridgehead atoms. The number of thiazole rings is 1. The summed E-state index contributed by atoms with van der Waals surface area (Å²) in [7, 11) is -4.08. The van der Waals surface area contributed by atoms with Gasteiger partial charge in [0.1, 0.15) is 11.9 Å². The minimum absolute atomic E-state index is 0.0118. The zero-order valence-corrected chi connectivity index (χ0v) is 28.1. The molecule has 10 nitrogen and oxygen atoms in total. The Balaban J connectivity index is 1.20. The minimum atomic E-state index is -4.08. The Bertz CT molecular complexity index is 2140. The molecular formula is C33H28ClF3N8O2S2. The van der Waals surface area contributed by atoms with Gasteiger partial charge in [0.05, 0.1) is 5.69 Å². The molecule has 7 rings (SSSR count). The van der Waals surface area contributed by atoms with Crippen LogP contribution in [0.1, 0.15) is 59.4 Å². The van der Waals surface area contributed by atoms with Crippen LogP contribution in [0.25, 0.3) is 5.57 Å². The number of pyridine rings is 1. The molecule has 0 amide bonds. The molecule has 5 heterocycles. The summed E-state index contributed by atoms with van der Waals surface area (Å²) >= 11 is 7.86. The lowest BCUT2D eigenvalue weighted by Crippen LogP contribution is -2.41. The van der Waals surface area contributed by atoms with Crippen molar-refractivity contribution in [2.45, 2.75) is 37.9 Å². The van der Waals surface area contributed by atoms with E-state index in [0.29, 0.717) is 38.0 Å². The van der Waals surface area contributed by atoms with Gasteiger partial charge in [-0.05, 0) is 48.0 Å². The van der Waals surface area contributed by atoms with Crippen LogP contribution in [0.3, 0.4) is 0 Å². The number of fused-ring (bicyclic) bond motifs is 1. The summed E-state index contributed by atoms with van der Waals surface area (Å²) in [6, 6.07) is 16.6. The summed E-state index contributed by atoms with van der Waals surface area (Å²) in [5, 5.41) is 6.55. The predicted molar refractivity (Wildman–Crippen MR) is 182 cm³/mol. The van der Waals surface area contributed by atoms with E-state index in [1.807, 2.05) is 42.2 Å². The number of rotatable bonds is 10. The van der Waals surface area contributed by atoms with Crippen molar-refractivity contribution in [1.82, 2.24) is 29.4 Å². The van der Waals surface area contributed by atoms with Crippen molar-refractivity contribution in [3.05, 3.63) is 135 Å². The fraction of sp³-hybridized carbons (Fsp3) is 0.212. The number of hydrogen-bond donors (Lipinski definition) is 2. The van der Waals surface area contributed by atoms with Crippen LogP contribution in [0, 0.1) is 5.82 Å². The van der Waals surface area contributed by atoms with Gasteiger partial charge in [0.2, 0.25) is 0 Å². The van der Waals surface area contributed by atoms with E-state index in [4.69, 9.17) is 16.6 Å². The number of aliphatic imine (C=N–C) groups is 1. The molecule has 3 aromatic heterocycles. The van der Waals surface area contributed by atoms with Crippen molar-refractivity contribution in [1.29, 1.82) is 0 Å². The summed E-state index contributed by atoms with van der Waals surface area (Å²) in [5.74, 6) is -0.0934. The van der Waals surface area contributed by atoms with E-state index in [0.717, 1.165) is 23.5 Å². The summed E-state index contributed by atoms with van der Waals surface area (Å²) in [4.78, 5) is 15.6. The Labute approximate surface area is 289 Å². The number of benzene rings is 2. The molecule has 49 heavy (non-hydrogen) atoms. The van der Waals surface area contributed by atoms with Crippen molar-refractivity contribution in [3.8, 4) is 0 Å². The number of halogens is 4. The summed E-state index contributed by atoms with van der Waals surface area (Å²) in [5.41, 5.74) is 3.92. The molecule has 2 aliphatic rings. The first kappa shape index (κ1) is 33.0. The highest BCUT2D eigenvalue weighted by Crippen LogP contribution is 2.46. The lowest BCUT2D eigenvalue weighted by Gasteiger charge is -2.32. The van der Waals surface area contributed by atoms with E-state index in [2.05, 4.69) is 24.5 Å². The Hall–Kier alpha value is -4.57. The Morgan fingerprint density at radius 1 is 1.04 bits per heavy atom. The Morgan fingerprint density at radius 3 is 2.53 bits per heavy atom. The van der Waals surface area contributed by atoms with Gasteiger partial charge < -0.3 is 4.90 Å². The molecule has 2 aliphatic heterocycles. The van der Waals surface area contributed by atoms with Gasteiger partial charge >= 0.3 is 6.55 Å². The highest BCUT2D eigenvalue weighted by molar-refractivity contribution is 7.90. The summed E-state index contributed by atoms with van der Waals surface area (Å²) < 4.78 is 74.2. The first-order valence-electron chi connectivity index (χ1n) is 15.1. The van der Waals surface area contributed by atoms with Crippen LogP contribution in [0.5, 0.6) is 0 Å². The standard InChI is InChI=1S/C33H28ClF3N8O2S2/c1-19(26-4-2-3-12-38-26)20-5-8-22(9-6-20)42-49(46,47)43-23-17-28-29(27-11-14-45(41-27)33(36)37)30(24-10-7-21(35)16-25(24)34)40-31(44(28)18-23)32-39-13-15-48-32/h2-16,19,23,30,33,42-43H,17-18H2,1H3/t19?,23-,30-/m0/s1. The van der Waals surface area contributed by atoms with Crippen LogP contribution in [0.4, 0.5) is 18.9 Å². The van der Waals surface area contributed by atoms with E-state index in [-0.39, 0.29) is 29.6 Å². The van der Waals surface area contributed by atoms with Crippen LogP contribution in [0.2, 0.25) is 5.02 Å². The molecule has 0 aliphatic carbocycles. The van der Waals surface area contributed by atoms with Crippen molar-refractivity contribution in [2.75, 3.05) is 11.3 Å². The molecule has 3 atom stereocenters. The molecule has 0 saturated carbocycles. The fourth-order valence-electron chi connectivity index (χ4n) is 6.08. The number of nitrogens with zero attached hydrogens (tertiary/aromatic N) is 6. The SMILES string of the molecule is CC(c1ccc(NS(=O)(=O)N[C@H]2CC3=C(c4ccn(C(F)F)n4)[C@H](c4ccc(F)cc4Cl)N=C(c4nccs4)N3C2)cc1)c1ccccn1. The zero-order valence-electron chi connectivity index (χ0n) is 25.7. The van der Waals surface area contributed by atoms with Crippen molar-refractivity contribution in [3.63, 3.8) is 0 Å². The van der Waals surface area contributed by atoms with E-state index in [1.54, 1.807) is 29.9 Å². The molecule has 5 aromatic rings. The molecule has 0 radical (unpaired) electrons. The average Bonchev–Trinajstić information content (AvgIpc) is 3.86. The van der Waals surface area contributed by atoms with E-state index < -0.39 is 34.7 Å². The molecule has 1 fully saturated rings. The van der Waals surface area contributed by atoms with Crippen LogP contribution >= 0.6 is 22.9 Å². The zero-order chi connectivity index (χ0) is 34.3. The van der Waals surface area contributed by atoms with Gasteiger partial charge in [-0.2, -0.15) is 27.0 Å². The topological polar surface area (TPSA) is 117 Å². The second kappa shape index (κ2) is 13.4. The first-order valence-corrected chi connectivity index (χ1v) is 17.9. The lowest BCUT2D eigenvalue weighted by molar-refractivity contribution is 0.0564.